The van der Waals surface area contributed by atoms with E-state index in [1.165, 1.54) is 5.56 Å². The second-order valence-corrected chi connectivity index (χ2v) is 3.81. The van der Waals surface area contributed by atoms with Gasteiger partial charge in [0, 0.05) is 6.20 Å². The number of hydrogen-bond acceptors (Lipinski definition) is 1. The summed E-state index contributed by atoms with van der Waals surface area (Å²) >= 11 is 0. The van der Waals surface area contributed by atoms with E-state index >= 15 is 0 Å². The largest absolute Gasteiger partial charge is 0.257 e. The lowest BCUT2D eigenvalue weighted by Gasteiger charge is -2.05. The molecule has 1 aromatic carbocycles. The molecule has 1 atom stereocenters. The summed E-state index contributed by atoms with van der Waals surface area (Å²) in [4.78, 5) is 4.26. The van der Waals surface area contributed by atoms with Gasteiger partial charge in [-0.1, -0.05) is 49.4 Å². The first-order chi connectivity index (χ1) is 7.86. The standard InChI is InChI=1S/C15H15N/c1-13(14-7-3-2-4-8-14)10-11-15-9-5-6-12-16-15/h2-13H,1H3. The van der Waals surface area contributed by atoms with Crippen molar-refractivity contribution in [2.45, 2.75) is 12.8 Å². The van der Waals surface area contributed by atoms with E-state index < -0.39 is 0 Å². The van der Waals surface area contributed by atoms with E-state index in [4.69, 9.17) is 0 Å². The molecule has 1 heterocycles. The first-order valence-electron chi connectivity index (χ1n) is 5.50. The lowest BCUT2D eigenvalue weighted by Crippen LogP contribution is -1.88. The molecule has 0 radical (unpaired) electrons. The number of aromatic nitrogens is 1. The summed E-state index contributed by atoms with van der Waals surface area (Å²) in [5.74, 6) is 0.420. The van der Waals surface area contributed by atoms with Gasteiger partial charge in [0.2, 0.25) is 0 Å². The zero-order chi connectivity index (χ0) is 11.2. The van der Waals surface area contributed by atoms with E-state index in [1.807, 2.05) is 30.5 Å². The molecule has 0 fully saturated rings. The Hall–Kier alpha value is -1.89. The third kappa shape index (κ3) is 2.80. The molecule has 0 spiro atoms. The summed E-state index contributed by atoms with van der Waals surface area (Å²) in [5.41, 5.74) is 2.33. The second-order valence-electron chi connectivity index (χ2n) is 3.81. The zero-order valence-corrected chi connectivity index (χ0v) is 9.38. The first-order valence-corrected chi connectivity index (χ1v) is 5.50. The van der Waals surface area contributed by atoms with Crippen molar-refractivity contribution in [3.63, 3.8) is 0 Å². The van der Waals surface area contributed by atoms with Gasteiger partial charge in [0.25, 0.3) is 0 Å². The Morgan fingerprint density at radius 1 is 1.00 bits per heavy atom. The monoisotopic (exact) mass is 209 g/mol. The SMILES string of the molecule is CC(C=Cc1ccccn1)c1ccccc1. The molecule has 1 nitrogen and oxygen atoms in total. The lowest BCUT2D eigenvalue weighted by molar-refractivity contribution is 0.972. The van der Waals surface area contributed by atoms with Crippen LogP contribution < -0.4 is 0 Å². The minimum absolute atomic E-state index is 0.420. The Morgan fingerprint density at radius 2 is 1.75 bits per heavy atom. The smallest absolute Gasteiger partial charge is 0.0626 e. The predicted molar refractivity (Wildman–Crippen MR) is 68.1 cm³/mol. The predicted octanol–water partition coefficient (Wildman–Crippen LogP) is 3.90. The molecule has 0 N–H and O–H groups in total. The highest BCUT2D eigenvalue weighted by Gasteiger charge is 1.99. The highest BCUT2D eigenvalue weighted by molar-refractivity contribution is 5.46. The van der Waals surface area contributed by atoms with E-state index in [0.717, 1.165) is 5.69 Å². The zero-order valence-electron chi connectivity index (χ0n) is 9.38. The van der Waals surface area contributed by atoms with Gasteiger partial charge in [0.1, 0.15) is 0 Å². The minimum atomic E-state index is 0.420. The van der Waals surface area contributed by atoms with Crippen molar-refractivity contribution in [3.8, 4) is 0 Å². The average molecular weight is 209 g/mol. The van der Waals surface area contributed by atoms with Crippen molar-refractivity contribution in [2.75, 3.05) is 0 Å². The molecule has 0 saturated carbocycles. The minimum Gasteiger partial charge on any atom is -0.257 e. The van der Waals surface area contributed by atoms with Crippen LogP contribution in [-0.2, 0) is 0 Å². The Balaban J connectivity index is 2.08. The summed E-state index contributed by atoms with van der Waals surface area (Å²) < 4.78 is 0. The van der Waals surface area contributed by atoms with Gasteiger partial charge in [0.15, 0.2) is 0 Å². The molecule has 16 heavy (non-hydrogen) atoms. The van der Waals surface area contributed by atoms with E-state index in [1.54, 1.807) is 0 Å². The van der Waals surface area contributed by atoms with Gasteiger partial charge in [-0.05, 0) is 29.7 Å². The van der Waals surface area contributed by atoms with Crippen LogP contribution in [0, 0.1) is 0 Å². The molecule has 0 amide bonds. The molecular weight excluding hydrogens is 194 g/mol. The Kier molecular flexibility index (Phi) is 3.50. The Morgan fingerprint density at radius 3 is 2.44 bits per heavy atom. The van der Waals surface area contributed by atoms with Crippen LogP contribution in [0.2, 0.25) is 0 Å². The van der Waals surface area contributed by atoms with Gasteiger partial charge in [-0.15, -0.1) is 0 Å². The molecule has 0 aliphatic rings. The third-order valence-corrected chi connectivity index (χ3v) is 2.57. The van der Waals surface area contributed by atoms with E-state index in [0.29, 0.717) is 5.92 Å². The Labute approximate surface area is 96.5 Å². The van der Waals surface area contributed by atoms with Gasteiger partial charge in [-0.25, -0.2) is 0 Å². The fourth-order valence-corrected chi connectivity index (χ4v) is 1.59. The summed E-state index contributed by atoms with van der Waals surface area (Å²) in [6, 6.07) is 16.4. The molecule has 2 aromatic rings. The van der Waals surface area contributed by atoms with E-state index in [9.17, 15) is 0 Å². The maximum Gasteiger partial charge on any atom is 0.0626 e. The van der Waals surface area contributed by atoms with Crippen LogP contribution in [0.3, 0.4) is 0 Å². The van der Waals surface area contributed by atoms with E-state index in [-0.39, 0.29) is 0 Å². The highest BCUT2D eigenvalue weighted by Crippen LogP contribution is 2.16. The molecule has 1 heteroatoms. The van der Waals surface area contributed by atoms with Crippen LogP contribution in [-0.4, -0.2) is 4.98 Å². The molecule has 0 bridgehead atoms. The summed E-state index contributed by atoms with van der Waals surface area (Å²) in [5, 5.41) is 0. The normalized spacial score (nSPS) is 12.8. The van der Waals surface area contributed by atoms with E-state index in [2.05, 4.69) is 48.3 Å². The molecule has 80 valence electrons. The van der Waals surface area contributed by atoms with Crippen LogP contribution in [0.25, 0.3) is 6.08 Å². The third-order valence-electron chi connectivity index (χ3n) is 2.57. The molecular formula is C15H15N. The van der Waals surface area contributed by atoms with Crippen molar-refractivity contribution in [3.05, 3.63) is 72.1 Å². The van der Waals surface area contributed by atoms with Crippen molar-refractivity contribution >= 4 is 6.08 Å². The first kappa shape index (κ1) is 10.6. The van der Waals surface area contributed by atoms with Gasteiger partial charge in [-0.3, -0.25) is 4.98 Å². The van der Waals surface area contributed by atoms with Crippen molar-refractivity contribution in [2.24, 2.45) is 0 Å². The second kappa shape index (κ2) is 5.26. The van der Waals surface area contributed by atoms with Gasteiger partial charge in [-0.2, -0.15) is 0 Å². The quantitative estimate of drug-likeness (QED) is 0.747. The maximum atomic E-state index is 4.26. The van der Waals surface area contributed by atoms with Crippen molar-refractivity contribution in [1.29, 1.82) is 0 Å². The van der Waals surface area contributed by atoms with Crippen LogP contribution in [0.4, 0.5) is 0 Å². The van der Waals surface area contributed by atoms with Gasteiger partial charge in [0.05, 0.1) is 5.69 Å². The summed E-state index contributed by atoms with van der Waals surface area (Å²) in [6.07, 6.45) is 6.06. The fraction of sp³-hybridized carbons (Fsp3) is 0.133. The van der Waals surface area contributed by atoms with Crippen LogP contribution >= 0.6 is 0 Å². The van der Waals surface area contributed by atoms with Crippen LogP contribution in [0.15, 0.2) is 60.8 Å². The molecule has 0 aliphatic carbocycles. The van der Waals surface area contributed by atoms with Crippen LogP contribution in [0.1, 0.15) is 24.1 Å². The number of pyridine rings is 1. The Bertz CT molecular complexity index is 445. The summed E-state index contributed by atoms with van der Waals surface area (Å²) in [6.45, 7) is 2.19. The number of hydrogen-bond donors (Lipinski definition) is 0. The molecule has 1 aromatic heterocycles. The highest BCUT2D eigenvalue weighted by atomic mass is 14.6. The number of benzene rings is 1. The van der Waals surface area contributed by atoms with Gasteiger partial charge >= 0.3 is 0 Å². The maximum absolute atomic E-state index is 4.26. The van der Waals surface area contributed by atoms with Gasteiger partial charge < -0.3 is 0 Å². The van der Waals surface area contributed by atoms with Crippen molar-refractivity contribution in [1.82, 2.24) is 4.98 Å². The summed E-state index contributed by atoms with van der Waals surface area (Å²) in [7, 11) is 0. The lowest BCUT2D eigenvalue weighted by atomic mass is 10.0. The molecule has 0 saturated heterocycles. The fourth-order valence-electron chi connectivity index (χ4n) is 1.59. The van der Waals surface area contributed by atoms with Crippen molar-refractivity contribution < 1.29 is 0 Å². The molecule has 0 aliphatic heterocycles. The number of nitrogens with zero attached hydrogens (tertiary/aromatic N) is 1. The van der Waals surface area contributed by atoms with Crippen LogP contribution in [0.5, 0.6) is 0 Å². The molecule has 2 rings (SSSR count). The number of allylic oxidation sites excluding steroid dienone is 1. The molecule has 1 unspecified atom stereocenters. The number of rotatable bonds is 3. The average Bonchev–Trinajstić information content (AvgIpc) is 2.38. The topological polar surface area (TPSA) is 12.9 Å².